The number of urea groups is 1. The van der Waals surface area contributed by atoms with Crippen LogP contribution < -0.4 is 10.2 Å². The Morgan fingerprint density at radius 3 is 2.21 bits per heavy atom. The van der Waals surface area contributed by atoms with Crippen molar-refractivity contribution in [1.82, 2.24) is 9.80 Å². The summed E-state index contributed by atoms with van der Waals surface area (Å²) in [5.41, 5.74) is 3.74. The van der Waals surface area contributed by atoms with Gasteiger partial charge < -0.3 is 30.2 Å². The topological polar surface area (TPSA) is 113 Å². The fourth-order valence-corrected chi connectivity index (χ4v) is 3.78. The van der Waals surface area contributed by atoms with Crippen molar-refractivity contribution in [3.63, 3.8) is 0 Å². The first-order valence-corrected chi connectivity index (χ1v) is 10.8. The molecule has 3 N–H and O–H groups in total. The molecule has 34 heavy (non-hydrogen) atoms. The summed E-state index contributed by atoms with van der Waals surface area (Å²) in [6.45, 7) is 3.88. The van der Waals surface area contributed by atoms with Gasteiger partial charge in [0.05, 0.1) is 11.4 Å². The van der Waals surface area contributed by atoms with E-state index in [2.05, 4.69) is 27.2 Å². The minimum Gasteiger partial charge on any atom is -0.478 e. The van der Waals surface area contributed by atoms with E-state index < -0.39 is 11.9 Å². The predicted octanol–water partition coefficient (Wildman–Crippen LogP) is 3.01. The lowest BCUT2D eigenvalue weighted by Gasteiger charge is -2.33. The van der Waals surface area contributed by atoms with E-state index in [9.17, 15) is 18.8 Å². The molecule has 9 nitrogen and oxygen atoms in total. The minimum absolute atomic E-state index is 0.169. The first-order chi connectivity index (χ1) is 16.2. The van der Waals surface area contributed by atoms with Crippen LogP contribution in [0.1, 0.15) is 5.56 Å². The molecule has 2 heterocycles. The molecule has 2 amide bonds. The molecule has 2 aromatic carbocycles. The van der Waals surface area contributed by atoms with Gasteiger partial charge in [0.25, 0.3) is 0 Å². The van der Waals surface area contributed by atoms with Crippen LogP contribution in [0.25, 0.3) is 0 Å². The largest absolute Gasteiger partial charge is 0.478 e. The third kappa shape index (κ3) is 6.55. The molecular formula is C24H27FN4O5. The molecule has 2 aromatic rings. The lowest BCUT2D eigenvalue weighted by Crippen LogP contribution is -2.48. The van der Waals surface area contributed by atoms with E-state index in [-0.39, 0.29) is 11.8 Å². The Morgan fingerprint density at radius 1 is 0.912 bits per heavy atom. The maximum Gasteiger partial charge on any atom is 0.328 e. The SMILES string of the molecule is CN1CCN(C(=O)Nc2cc(F)ccc2N2CCc3ccccc32)CC1.O=C(O)C=CC(=O)O. The maximum absolute atomic E-state index is 13.9. The van der Waals surface area contributed by atoms with Crippen molar-refractivity contribution in [2.45, 2.75) is 6.42 Å². The van der Waals surface area contributed by atoms with Crippen LogP contribution in [0.2, 0.25) is 0 Å². The van der Waals surface area contributed by atoms with Crippen LogP contribution in [0.3, 0.4) is 0 Å². The fourth-order valence-electron chi connectivity index (χ4n) is 3.78. The molecule has 0 bridgehead atoms. The number of carboxylic acids is 2. The third-order valence-corrected chi connectivity index (χ3v) is 5.54. The van der Waals surface area contributed by atoms with Crippen molar-refractivity contribution < 1.29 is 29.0 Å². The standard InChI is InChI=1S/C20H23FN4O.C4H4O4/c1-23-10-12-24(13-11-23)20(26)22-17-14-16(21)6-7-19(17)25-9-8-15-4-2-3-5-18(15)25;5-3(6)1-2-4(7)8/h2-7,14H,8-13H2,1H3,(H,22,26);1-2H,(H,5,6)(H,7,8). The monoisotopic (exact) mass is 470 g/mol. The number of rotatable bonds is 4. The van der Waals surface area contributed by atoms with Crippen molar-refractivity contribution in [1.29, 1.82) is 0 Å². The first kappa shape index (κ1) is 24.7. The van der Waals surface area contributed by atoms with E-state index in [0.717, 1.165) is 37.4 Å². The van der Waals surface area contributed by atoms with E-state index in [1.54, 1.807) is 11.0 Å². The number of carboxylic acid groups (broad SMARTS) is 2. The number of carbonyl (C=O) groups is 3. The van der Waals surface area contributed by atoms with E-state index in [1.165, 1.54) is 17.7 Å². The van der Waals surface area contributed by atoms with Crippen LogP contribution in [-0.4, -0.2) is 77.8 Å². The molecule has 2 aliphatic heterocycles. The van der Waals surface area contributed by atoms with Crippen LogP contribution in [-0.2, 0) is 16.0 Å². The van der Waals surface area contributed by atoms with E-state index in [1.807, 2.05) is 19.2 Å². The zero-order valence-corrected chi connectivity index (χ0v) is 18.8. The molecule has 180 valence electrons. The highest BCUT2D eigenvalue weighted by Gasteiger charge is 2.25. The molecule has 1 saturated heterocycles. The number of anilines is 3. The summed E-state index contributed by atoms with van der Waals surface area (Å²) in [5, 5.41) is 18.6. The number of halogens is 1. The smallest absolute Gasteiger partial charge is 0.328 e. The Labute approximate surface area is 196 Å². The van der Waals surface area contributed by atoms with Gasteiger partial charge in [-0.25, -0.2) is 18.8 Å². The molecule has 4 rings (SSSR count). The second-order valence-electron chi connectivity index (χ2n) is 7.92. The maximum atomic E-state index is 13.9. The number of hydrogen-bond acceptors (Lipinski definition) is 5. The zero-order chi connectivity index (χ0) is 24.7. The Balaban J connectivity index is 0.000000350. The molecule has 0 saturated carbocycles. The van der Waals surface area contributed by atoms with Crippen LogP contribution in [0.4, 0.5) is 26.2 Å². The van der Waals surface area contributed by atoms with E-state index in [4.69, 9.17) is 10.2 Å². The third-order valence-electron chi connectivity index (χ3n) is 5.54. The molecular weight excluding hydrogens is 443 g/mol. The molecule has 2 aliphatic rings. The summed E-state index contributed by atoms with van der Waals surface area (Å²) in [5.74, 6) is -2.87. The van der Waals surface area contributed by atoms with Gasteiger partial charge in [0.1, 0.15) is 5.82 Å². The highest BCUT2D eigenvalue weighted by molar-refractivity contribution is 5.94. The van der Waals surface area contributed by atoms with Crippen molar-refractivity contribution in [3.8, 4) is 0 Å². The van der Waals surface area contributed by atoms with Crippen molar-refractivity contribution in [2.24, 2.45) is 0 Å². The van der Waals surface area contributed by atoms with Gasteiger partial charge in [-0.05, 0) is 43.3 Å². The van der Waals surface area contributed by atoms with Crippen LogP contribution in [0.5, 0.6) is 0 Å². The van der Waals surface area contributed by atoms with E-state index >= 15 is 0 Å². The normalized spacial score (nSPS) is 15.5. The quantitative estimate of drug-likeness (QED) is 0.589. The second kappa shape index (κ2) is 11.3. The summed E-state index contributed by atoms with van der Waals surface area (Å²) in [4.78, 5) is 37.9. The second-order valence-corrected chi connectivity index (χ2v) is 7.92. The fraction of sp³-hybridized carbons (Fsp3) is 0.292. The van der Waals surface area contributed by atoms with Gasteiger partial charge in [-0.3, -0.25) is 0 Å². The van der Waals surface area contributed by atoms with Gasteiger partial charge >= 0.3 is 18.0 Å². The lowest BCUT2D eigenvalue weighted by atomic mass is 10.1. The minimum atomic E-state index is -1.26. The number of carbonyl (C=O) groups excluding carboxylic acids is 1. The number of fused-ring (bicyclic) bond motifs is 1. The molecule has 0 unspecified atom stereocenters. The molecule has 0 aromatic heterocycles. The number of hydrogen-bond donors (Lipinski definition) is 3. The van der Waals surface area contributed by atoms with E-state index in [0.29, 0.717) is 30.9 Å². The predicted molar refractivity (Wildman–Crippen MR) is 126 cm³/mol. The zero-order valence-electron chi connectivity index (χ0n) is 18.8. The summed E-state index contributed by atoms with van der Waals surface area (Å²) in [6, 6.07) is 12.6. The number of nitrogens with one attached hydrogen (secondary N) is 1. The Hall–Kier alpha value is -3.92. The van der Waals surface area contributed by atoms with Crippen LogP contribution in [0, 0.1) is 5.82 Å². The molecule has 0 atom stereocenters. The number of aliphatic carboxylic acids is 2. The molecule has 10 heteroatoms. The number of piperazine rings is 1. The first-order valence-electron chi connectivity index (χ1n) is 10.8. The number of nitrogens with zero attached hydrogens (tertiary/aromatic N) is 3. The summed E-state index contributed by atoms with van der Waals surface area (Å²) in [7, 11) is 2.05. The number of amides is 2. The highest BCUT2D eigenvalue weighted by atomic mass is 19.1. The van der Waals surface area contributed by atoms with Crippen molar-refractivity contribution >= 4 is 35.0 Å². The van der Waals surface area contributed by atoms with Gasteiger partial charge in [0.15, 0.2) is 0 Å². The van der Waals surface area contributed by atoms with Gasteiger partial charge in [-0.15, -0.1) is 0 Å². The lowest BCUT2D eigenvalue weighted by molar-refractivity contribution is -0.134. The van der Waals surface area contributed by atoms with Crippen molar-refractivity contribution in [3.05, 3.63) is 66.0 Å². The average Bonchev–Trinajstić information content (AvgIpc) is 3.23. The number of benzene rings is 2. The van der Waals surface area contributed by atoms with Crippen LogP contribution in [0.15, 0.2) is 54.6 Å². The average molecular weight is 471 g/mol. The number of para-hydroxylation sites is 1. The van der Waals surface area contributed by atoms with Gasteiger partial charge in [0.2, 0.25) is 0 Å². The Bertz CT molecular complexity index is 1070. The van der Waals surface area contributed by atoms with Gasteiger partial charge in [0, 0.05) is 50.6 Å². The Kier molecular flexibility index (Phi) is 8.20. The van der Waals surface area contributed by atoms with Gasteiger partial charge in [-0.2, -0.15) is 0 Å². The molecule has 0 aliphatic carbocycles. The van der Waals surface area contributed by atoms with Crippen molar-refractivity contribution in [2.75, 3.05) is 50.0 Å². The highest BCUT2D eigenvalue weighted by Crippen LogP contribution is 2.38. The molecule has 0 radical (unpaired) electrons. The number of likely N-dealkylation sites (N-methyl/N-ethyl adjacent to an activating group) is 1. The summed E-state index contributed by atoms with van der Waals surface area (Å²) in [6.07, 6.45) is 2.06. The van der Waals surface area contributed by atoms with Crippen LogP contribution >= 0.6 is 0 Å². The Morgan fingerprint density at radius 2 is 1.56 bits per heavy atom. The van der Waals surface area contributed by atoms with Gasteiger partial charge in [-0.1, -0.05) is 18.2 Å². The molecule has 1 fully saturated rings. The summed E-state index contributed by atoms with van der Waals surface area (Å²) >= 11 is 0. The molecule has 0 spiro atoms. The summed E-state index contributed by atoms with van der Waals surface area (Å²) < 4.78 is 13.9.